The Morgan fingerprint density at radius 3 is 2.48 bits per heavy atom. The Kier molecular flexibility index (Phi) is 3.93. The zero-order valence-electron chi connectivity index (χ0n) is 12.3. The predicted octanol–water partition coefficient (Wildman–Crippen LogP) is 2.44. The number of hydrogen-bond acceptors (Lipinski definition) is 3. The number of hydrogen-bond donors (Lipinski definition) is 1. The minimum Gasteiger partial charge on any atom is -0.371 e. The van der Waals surface area contributed by atoms with E-state index in [-0.39, 0.29) is 5.78 Å². The van der Waals surface area contributed by atoms with Gasteiger partial charge in [-0.05, 0) is 30.9 Å². The minimum atomic E-state index is -0.902. The normalized spacial score (nSPS) is 25.9. The van der Waals surface area contributed by atoms with Crippen LogP contribution in [0.2, 0.25) is 0 Å². The fourth-order valence-electron chi connectivity index (χ4n) is 3.06. The molecule has 0 aromatic heterocycles. The molecule has 1 atom stereocenters. The standard InChI is InChI=1S/C18H22N2O/c19-18(14-15-7-3-1-4-8-15)10-9-16(13-17(18)21)20-11-5-2-6-12-20/h1,3-4,7-10,13H,2,5-6,11-12,14,19H2/t18-/m1/s1. The number of nitrogens with zero attached hydrogens (tertiary/aromatic N) is 1. The van der Waals surface area contributed by atoms with E-state index in [1.807, 2.05) is 42.5 Å². The molecule has 0 amide bonds. The number of piperidine rings is 1. The van der Waals surface area contributed by atoms with Crippen molar-refractivity contribution in [1.29, 1.82) is 0 Å². The first-order chi connectivity index (χ1) is 10.2. The van der Waals surface area contributed by atoms with Crippen LogP contribution in [0.5, 0.6) is 0 Å². The monoisotopic (exact) mass is 282 g/mol. The lowest BCUT2D eigenvalue weighted by Gasteiger charge is -2.33. The molecule has 2 aliphatic rings. The summed E-state index contributed by atoms with van der Waals surface area (Å²) in [6, 6.07) is 9.95. The quantitative estimate of drug-likeness (QED) is 0.926. The first kappa shape index (κ1) is 14.1. The Balaban J connectivity index is 1.74. The van der Waals surface area contributed by atoms with E-state index in [0.29, 0.717) is 6.42 Å². The molecule has 1 aliphatic heterocycles. The van der Waals surface area contributed by atoms with Gasteiger partial charge in [0.15, 0.2) is 5.78 Å². The third-order valence-corrected chi connectivity index (χ3v) is 4.35. The molecule has 1 aromatic carbocycles. The van der Waals surface area contributed by atoms with Crippen LogP contribution in [-0.4, -0.2) is 29.3 Å². The van der Waals surface area contributed by atoms with Gasteiger partial charge in [-0.3, -0.25) is 4.79 Å². The van der Waals surface area contributed by atoms with Gasteiger partial charge in [0.2, 0.25) is 0 Å². The van der Waals surface area contributed by atoms with E-state index in [4.69, 9.17) is 5.73 Å². The Morgan fingerprint density at radius 1 is 1.10 bits per heavy atom. The molecule has 1 heterocycles. The number of carbonyl (C=O) groups is 1. The van der Waals surface area contributed by atoms with Crippen LogP contribution >= 0.6 is 0 Å². The summed E-state index contributed by atoms with van der Waals surface area (Å²) in [5, 5.41) is 0. The third-order valence-electron chi connectivity index (χ3n) is 4.35. The van der Waals surface area contributed by atoms with E-state index >= 15 is 0 Å². The molecule has 110 valence electrons. The molecule has 21 heavy (non-hydrogen) atoms. The van der Waals surface area contributed by atoms with Gasteiger partial charge >= 0.3 is 0 Å². The lowest BCUT2D eigenvalue weighted by Crippen LogP contribution is -2.49. The summed E-state index contributed by atoms with van der Waals surface area (Å²) in [5.41, 5.74) is 7.54. The summed E-state index contributed by atoms with van der Waals surface area (Å²) >= 11 is 0. The molecular formula is C18H22N2O. The molecule has 0 spiro atoms. The van der Waals surface area contributed by atoms with Crippen molar-refractivity contribution in [3.63, 3.8) is 0 Å². The van der Waals surface area contributed by atoms with Crippen LogP contribution in [0.1, 0.15) is 24.8 Å². The maximum Gasteiger partial charge on any atom is 0.181 e. The van der Waals surface area contributed by atoms with E-state index in [1.165, 1.54) is 19.3 Å². The van der Waals surface area contributed by atoms with E-state index in [9.17, 15) is 4.79 Å². The molecule has 1 fully saturated rings. The van der Waals surface area contributed by atoms with Crippen LogP contribution in [0, 0.1) is 0 Å². The molecule has 3 rings (SSSR count). The number of allylic oxidation sites excluding steroid dienone is 1. The van der Waals surface area contributed by atoms with Crippen LogP contribution in [-0.2, 0) is 11.2 Å². The second-order valence-corrected chi connectivity index (χ2v) is 6.02. The van der Waals surface area contributed by atoms with Crippen LogP contribution in [0.3, 0.4) is 0 Å². The van der Waals surface area contributed by atoms with E-state index in [0.717, 1.165) is 24.4 Å². The maximum atomic E-state index is 12.5. The smallest absolute Gasteiger partial charge is 0.181 e. The fourth-order valence-corrected chi connectivity index (χ4v) is 3.06. The first-order valence-corrected chi connectivity index (χ1v) is 7.70. The summed E-state index contributed by atoms with van der Waals surface area (Å²) in [6.07, 6.45) is 9.88. The van der Waals surface area contributed by atoms with Gasteiger partial charge in [0, 0.05) is 31.3 Å². The first-order valence-electron chi connectivity index (χ1n) is 7.70. The highest BCUT2D eigenvalue weighted by molar-refractivity contribution is 6.01. The highest BCUT2D eigenvalue weighted by atomic mass is 16.1. The van der Waals surface area contributed by atoms with Crippen molar-refractivity contribution < 1.29 is 4.79 Å². The van der Waals surface area contributed by atoms with Crippen LogP contribution in [0.25, 0.3) is 0 Å². The van der Waals surface area contributed by atoms with Gasteiger partial charge in [-0.15, -0.1) is 0 Å². The molecular weight excluding hydrogens is 260 g/mol. The lowest BCUT2D eigenvalue weighted by atomic mass is 9.84. The molecule has 1 aromatic rings. The van der Waals surface area contributed by atoms with Gasteiger partial charge < -0.3 is 10.6 Å². The summed E-state index contributed by atoms with van der Waals surface area (Å²) in [6.45, 7) is 2.08. The Morgan fingerprint density at radius 2 is 1.81 bits per heavy atom. The lowest BCUT2D eigenvalue weighted by molar-refractivity contribution is -0.118. The second kappa shape index (κ2) is 5.86. The van der Waals surface area contributed by atoms with Gasteiger partial charge in [0.1, 0.15) is 5.54 Å². The zero-order valence-corrected chi connectivity index (χ0v) is 12.3. The fraction of sp³-hybridized carbons (Fsp3) is 0.389. The highest BCUT2D eigenvalue weighted by Crippen LogP contribution is 2.24. The maximum absolute atomic E-state index is 12.5. The Labute approximate surface area is 126 Å². The van der Waals surface area contributed by atoms with Gasteiger partial charge in [-0.2, -0.15) is 0 Å². The van der Waals surface area contributed by atoms with Crippen LogP contribution in [0.4, 0.5) is 0 Å². The number of ketones is 1. The van der Waals surface area contributed by atoms with Gasteiger partial charge in [0.25, 0.3) is 0 Å². The predicted molar refractivity (Wildman–Crippen MR) is 84.7 cm³/mol. The molecule has 1 saturated heterocycles. The summed E-state index contributed by atoms with van der Waals surface area (Å²) in [5.74, 6) is 0.00873. The molecule has 0 saturated carbocycles. The summed E-state index contributed by atoms with van der Waals surface area (Å²) < 4.78 is 0. The SMILES string of the molecule is N[C@@]1(Cc2ccccc2)C=CC(N2CCCCC2)=CC1=O. The zero-order chi connectivity index (χ0) is 14.7. The van der Waals surface area contributed by atoms with Crippen molar-refractivity contribution >= 4 is 5.78 Å². The van der Waals surface area contributed by atoms with Crippen molar-refractivity contribution in [2.24, 2.45) is 5.73 Å². The number of carbonyl (C=O) groups excluding carboxylic acids is 1. The van der Waals surface area contributed by atoms with Crippen LogP contribution < -0.4 is 5.73 Å². The second-order valence-electron chi connectivity index (χ2n) is 6.02. The molecule has 0 radical (unpaired) electrons. The number of rotatable bonds is 3. The molecule has 1 aliphatic carbocycles. The molecule has 0 bridgehead atoms. The number of likely N-dealkylation sites (tertiary alicyclic amines) is 1. The van der Waals surface area contributed by atoms with Crippen molar-refractivity contribution in [3.05, 3.63) is 59.8 Å². The molecule has 2 N–H and O–H groups in total. The van der Waals surface area contributed by atoms with E-state index < -0.39 is 5.54 Å². The van der Waals surface area contributed by atoms with Gasteiger partial charge in [-0.25, -0.2) is 0 Å². The average Bonchev–Trinajstić information content (AvgIpc) is 2.52. The van der Waals surface area contributed by atoms with Gasteiger partial charge in [-0.1, -0.05) is 36.4 Å². The number of nitrogens with two attached hydrogens (primary N) is 1. The van der Waals surface area contributed by atoms with Crippen molar-refractivity contribution in [3.8, 4) is 0 Å². The van der Waals surface area contributed by atoms with E-state index in [1.54, 1.807) is 6.08 Å². The average molecular weight is 282 g/mol. The highest BCUT2D eigenvalue weighted by Gasteiger charge is 2.33. The van der Waals surface area contributed by atoms with Crippen LogP contribution in [0.15, 0.2) is 54.3 Å². The van der Waals surface area contributed by atoms with Crippen molar-refractivity contribution in [1.82, 2.24) is 4.90 Å². The molecule has 3 nitrogen and oxygen atoms in total. The Bertz CT molecular complexity index is 570. The van der Waals surface area contributed by atoms with Crippen molar-refractivity contribution in [2.75, 3.05) is 13.1 Å². The third kappa shape index (κ3) is 3.08. The Hall–Kier alpha value is -1.87. The summed E-state index contributed by atoms with van der Waals surface area (Å²) in [7, 11) is 0. The van der Waals surface area contributed by atoms with E-state index in [2.05, 4.69) is 4.90 Å². The summed E-state index contributed by atoms with van der Waals surface area (Å²) in [4.78, 5) is 14.8. The van der Waals surface area contributed by atoms with Gasteiger partial charge in [0.05, 0.1) is 0 Å². The molecule has 3 heteroatoms. The minimum absolute atomic E-state index is 0.00873. The largest absolute Gasteiger partial charge is 0.371 e. The molecule has 0 unspecified atom stereocenters. The van der Waals surface area contributed by atoms with Crippen molar-refractivity contribution in [2.45, 2.75) is 31.2 Å². The topological polar surface area (TPSA) is 46.3 Å². The number of benzene rings is 1.